The van der Waals surface area contributed by atoms with E-state index in [1.807, 2.05) is 9.80 Å². The second-order valence-electron chi connectivity index (χ2n) is 7.18. The number of rotatable bonds is 10. The number of nitrogens with zero attached hydrogens (tertiary/aromatic N) is 2. The maximum Gasteiger partial charge on any atom is 0.335 e. The van der Waals surface area contributed by atoms with Crippen LogP contribution in [-0.4, -0.2) is 83.3 Å². The molecule has 1 aliphatic heterocycles. The molecule has 12 heteroatoms. The maximum absolute atomic E-state index is 12.7. The molecule has 0 unspecified atom stereocenters. The van der Waals surface area contributed by atoms with Crippen LogP contribution in [0, 0.1) is 0 Å². The van der Waals surface area contributed by atoms with Gasteiger partial charge in [-0.1, -0.05) is 6.07 Å². The minimum Gasteiger partial charge on any atom is -0.478 e. The van der Waals surface area contributed by atoms with Crippen molar-refractivity contribution < 1.29 is 27.9 Å². The molecule has 10 nitrogen and oxygen atoms in total. The molecule has 1 aromatic carbocycles. The summed E-state index contributed by atoms with van der Waals surface area (Å²) in [6.07, 6.45) is 0. The highest BCUT2D eigenvalue weighted by Gasteiger charge is 2.24. The van der Waals surface area contributed by atoms with E-state index in [2.05, 4.69) is 10.0 Å². The van der Waals surface area contributed by atoms with Gasteiger partial charge in [0.1, 0.15) is 4.21 Å². The maximum atomic E-state index is 12.7. The highest BCUT2D eigenvalue weighted by molar-refractivity contribution is 7.94. The molecular weight excluding hydrogens is 456 g/mol. The van der Waals surface area contributed by atoms with Gasteiger partial charge in [0.05, 0.1) is 30.1 Å². The molecule has 0 bridgehead atoms. The van der Waals surface area contributed by atoms with Crippen LogP contribution in [0.5, 0.6) is 0 Å². The average Bonchev–Trinajstić information content (AvgIpc) is 3.30. The first-order valence-electron chi connectivity index (χ1n) is 9.97. The van der Waals surface area contributed by atoms with Crippen LogP contribution in [0.3, 0.4) is 0 Å². The van der Waals surface area contributed by atoms with Crippen LogP contribution in [-0.2, 0) is 19.6 Å². The van der Waals surface area contributed by atoms with E-state index in [0.29, 0.717) is 45.0 Å². The van der Waals surface area contributed by atoms with E-state index in [1.165, 1.54) is 18.2 Å². The Morgan fingerprint density at radius 3 is 2.56 bits per heavy atom. The summed E-state index contributed by atoms with van der Waals surface area (Å²) in [6, 6.07) is 7.53. The van der Waals surface area contributed by atoms with Crippen molar-refractivity contribution in [2.75, 3.05) is 62.6 Å². The summed E-state index contributed by atoms with van der Waals surface area (Å²) >= 11 is 1.08. The first-order valence-corrected chi connectivity index (χ1v) is 12.3. The third-order valence-corrected chi connectivity index (χ3v) is 7.72. The Labute approximate surface area is 190 Å². The van der Waals surface area contributed by atoms with E-state index in [-0.39, 0.29) is 27.9 Å². The number of hydrogen-bond donors (Lipinski definition) is 3. The highest BCUT2D eigenvalue weighted by atomic mass is 32.2. The quantitative estimate of drug-likeness (QED) is 0.430. The summed E-state index contributed by atoms with van der Waals surface area (Å²) in [6.45, 7) is 3.52. The van der Waals surface area contributed by atoms with Crippen molar-refractivity contribution in [2.24, 2.45) is 0 Å². The number of piperazine rings is 1. The SMILES string of the molecule is COCCNC(=O)CN1CCN(c2ccc(C(=O)O)cc2NS(=O)(=O)c2cccs2)CC1. The Hall–Kier alpha value is -2.67. The summed E-state index contributed by atoms with van der Waals surface area (Å²) in [5.74, 6) is -1.22. The van der Waals surface area contributed by atoms with Gasteiger partial charge in [0.15, 0.2) is 0 Å². The minimum absolute atomic E-state index is 0.0102. The fourth-order valence-electron chi connectivity index (χ4n) is 3.34. The van der Waals surface area contributed by atoms with Gasteiger partial charge < -0.3 is 20.1 Å². The number of thiophene rings is 1. The molecule has 1 aromatic heterocycles. The van der Waals surface area contributed by atoms with Gasteiger partial charge in [-0.15, -0.1) is 11.3 Å². The topological polar surface area (TPSA) is 128 Å². The number of amides is 1. The van der Waals surface area contributed by atoms with Crippen molar-refractivity contribution in [3.05, 3.63) is 41.3 Å². The molecule has 1 aliphatic rings. The monoisotopic (exact) mass is 482 g/mol. The molecule has 0 radical (unpaired) electrons. The molecule has 1 fully saturated rings. The number of ether oxygens (including phenoxy) is 1. The average molecular weight is 483 g/mol. The van der Waals surface area contributed by atoms with Crippen LogP contribution in [0.15, 0.2) is 39.9 Å². The van der Waals surface area contributed by atoms with Crippen molar-refractivity contribution in [3.63, 3.8) is 0 Å². The van der Waals surface area contributed by atoms with Crippen molar-refractivity contribution in [2.45, 2.75) is 4.21 Å². The van der Waals surface area contributed by atoms with Crippen molar-refractivity contribution in [3.8, 4) is 0 Å². The van der Waals surface area contributed by atoms with Gasteiger partial charge in [-0.05, 0) is 29.6 Å². The molecule has 2 aromatic rings. The van der Waals surface area contributed by atoms with Crippen molar-refractivity contribution in [1.29, 1.82) is 0 Å². The Bertz CT molecular complexity index is 1030. The second-order valence-corrected chi connectivity index (χ2v) is 10.0. The van der Waals surface area contributed by atoms with E-state index in [4.69, 9.17) is 4.74 Å². The van der Waals surface area contributed by atoms with Gasteiger partial charge >= 0.3 is 5.97 Å². The molecule has 1 saturated heterocycles. The Morgan fingerprint density at radius 2 is 1.94 bits per heavy atom. The minimum atomic E-state index is -3.84. The van der Waals surface area contributed by atoms with E-state index in [0.717, 1.165) is 11.3 Å². The number of carboxylic acids is 1. The third-order valence-electron chi connectivity index (χ3n) is 4.96. The van der Waals surface area contributed by atoms with Gasteiger partial charge in [-0.2, -0.15) is 0 Å². The summed E-state index contributed by atoms with van der Waals surface area (Å²) < 4.78 is 33.1. The Morgan fingerprint density at radius 1 is 1.19 bits per heavy atom. The normalized spacial score (nSPS) is 14.8. The first-order chi connectivity index (χ1) is 15.3. The van der Waals surface area contributed by atoms with Crippen molar-refractivity contribution >= 4 is 44.6 Å². The molecule has 0 atom stereocenters. The zero-order valence-corrected chi connectivity index (χ0v) is 19.2. The molecule has 3 N–H and O–H groups in total. The molecule has 174 valence electrons. The zero-order chi connectivity index (χ0) is 23.1. The Kier molecular flexibility index (Phi) is 8.07. The standard InChI is InChI=1S/C20H26N4O6S2/c1-30-11-6-21-18(25)14-23-7-9-24(10-8-23)17-5-4-15(20(26)27)13-16(17)22-32(28,29)19-3-2-12-31-19/h2-5,12-13,22H,6-11,14H2,1H3,(H,21,25)(H,26,27). The molecular formula is C20H26N4O6S2. The summed E-state index contributed by atoms with van der Waals surface area (Å²) in [4.78, 5) is 27.4. The number of carboxylic acid groups (broad SMARTS) is 1. The number of anilines is 2. The van der Waals surface area contributed by atoms with E-state index >= 15 is 0 Å². The second kappa shape index (κ2) is 10.8. The van der Waals surface area contributed by atoms with Crippen LogP contribution in [0.25, 0.3) is 0 Å². The molecule has 0 spiro atoms. The lowest BCUT2D eigenvalue weighted by Crippen LogP contribution is -2.49. The third kappa shape index (κ3) is 6.19. The van der Waals surface area contributed by atoms with Gasteiger partial charge in [0, 0.05) is 39.8 Å². The molecule has 2 heterocycles. The van der Waals surface area contributed by atoms with Crippen LogP contribution in [0.1, 0.15) is 10.4 Å². The summed E-state index contributed by atoms with van der Waals surface area (Å²) in [7, 11) is -2.26. The van der Waals surface area contributed by atoms with Gasteiger partial charge in [0.25, 0.3) is 10.0 Å². The molecule has 3 rings (SSSR count). The number of nitrogens with one attached hydrogen (secondary N) is 2. The lowest BCUT2D eigenvalue weighted by molar-refractivity contribution is -0.122. The fraction of sp³-hybridized carbons (Fsp3) is 0.400. The number of aromatic carboxylic acids is 1. The number of sulfonamides is 1. The number of hydrogen-bond acceptors (Lipinski definition) is 8. The van der Waals surface area contributed by atoms with Gasteiger partial charge in [0.2, 0.25) is 5.91 Å². The number of methoxy groups -OCH3 is 1. The summed E-state index contributed by atoms with van der Waals surface area (Å²) in [5.41, 5.74) is 0.799. The predicted octanol–water partition coefficient (Wildman–Crippen LogP) is 1.13. The highest BCUT2D eigenvalue weighted by Crippen LogP contribution is 2.31. The van der Waals surface area contributed by atoms with E-state index < -0.39 is 16.0 Å². The first kappa shape index (κ1) is 24.0. The molecule has 0 saturated carbocycles. The van der Waals surface area contributed by atoms with E-state index in [1.54, 1.807) is 24.6 Å². The lowest BCUT2D eigenvalue weighted by Gasteiger charge is -2.36. The largest absolute Gasteiger partial charge is 0.478 e. The van der Waals surface area contributed by atoms with Crippen LogP contribution >= 0.6 is 11.3 Å². The Balaban J connectivity index is 1.71. The van der Waals surface area contributed by atoms with Gasteiger partial charge in [-0.25, -0.2) is 13.2 Å². The smallest absolute Gasteiger partial charge is 0.335 e. The summed E-state index contributed by atoms with van der Waals surface area (Å²) in [5, 5.41) is 13.8. The number of carbonyl (C=O) groups excluding carboxylic acids is 1. The zero-order valence-electron chi connectivity index (χ0n) is 17.6. The van der Waals surface area contributed by atoms with Crippen LogP contribution in [0.4, 0.5) is 11.4 Å². The number of carbonyl (C=O) groups is 2. The van der Waals surface area contributed by atoms with Gasteiger partial charge in [-0.3, -0.25) is 14.4 Å². The van der Waals surface area contributed by atoms with Crippen molar-refractivity contribution in [1.82, 2.24) is 10.2 Å². The fourth-order valence-corrected chi connectivity index (χ4v) is 5.39. The van der Waals surface area contributed by atoms with Crippen LogP contribution in [0.2, 0.25) is 0 Å². The van der Waals surface area contributed by atoms with Crippen LogP contribution < -0.4 is 14.9 Å². The van der Waals surface area contributed by atoms with E-state index in [9.17, 15) is 23.1 Å². The molecule has 1 amide bonds. The predicted molar refractivity (Wildman–Crippen MR) is 122 cm³/mol. The molecule has 32 heavy (non-hydrogen) atoms. The lowest BCUT2D eigenvalue weighted by atomic mass is 10.1. The number of benzene rings is 1. The molecule has 0 aliphatic carbocycles.